The number of carbonyl (C=O) groups excluding carboxylic acids is 2. The van der Waals surface area contributed by atoms with Crippen molar-refractivity contribution in [2.75, 3.05) is 16.4 Å². The standard InChI is InChI=1S/C26H31N3O5S2/c1-17-10-12-19(13-11-17)29-21-15-36(32,33)16-22(21)35-24(29)28-23(30)20(14-18-8-6-5-7-9-18)27-25(31)34-26(2,3)4/h5-13,20-22H,14-16H2,1-4H3,(H,27,31)/t20-,21+,22+/m1/s1. The van der Waals surface area contributed by atoms with E-state index >= 15 is 0 Å². The lowest BCUT2D eigenvalue weighted by atomic mass is 10.1. The molecule has 0 aliphatic carbocycles. The highest BCUT2D eigenvalue weighted by molar-refractivity contribution is 8.16. The second-order valence-electron chi connectivity index (χ2n) is 10.1. The lowest BCUT2D eigenvalue weighted by molar-refractivity contribution is -0.119. The van der Waals surface area contributed by atoms with Crippen molar-refractivity contribution >= 4 is 44.5 Å². The van der Waals surface area contributed by atoms with Crippen LogP contribution < -0.4 is 10.2 Å². The number of amides is 2. The average Bonchev–Trinajstić information content (AvgIpc) is 3.24. The largest absolute Gasteiger partial charge is 0.444 e. The van der Waals surface area contributed by atoms with Gasteiger partial charge in [0.15, 0.2) is 15.0 Å². The van der Waals surface area contributed by atoms with Crippen LogP contribution in [-0.4, -0.2) is 60.0 Å². The molecule has 10 heteroatoms. The van der Waals surface area contributed by atoms with Gasteiger partial charge in [-0.05, 0) is 45.4 Å². The molecule has 0 radical (unpaired) electrons. The number of benzene rings is 2. The van der Waals surface area contributed by atoms with Crippen molar-refractivity contribution in [3.05, 3.63) is 65.7 Å². The maximum absolute atomic E-state index is 13.5. The first-order valence-electron chi connectivity index (χ1n) is 11.8. The van der Waals surface area contributed by atoms with Gasteiger partial charge in [-0.15, -0.1) is 0 Å². The van der Waals surface area contributed by atoms with E-state index in [1.54, 1.807) is 20.8 Å². The Hall–Kier alpha value is -2.85. The summed E-state index contributed by atoms with van der Waals surface area (Å²) in [4.78, 5) is 32.3. The number of ether oxygens (including phenoxy) is 1. The summed E-state index contributed by atoms with van der Waals surface area (Å²) < 4.78 is 30.1. The Balaban J connectivity index is 1.64. The summed E-state index contributed by atoms with van der Waals surface area (Å²) in [5.41, 5.74) is 2.00. The van der Waals surface area contributed by atoms with Crippen molar-refractivity contribution in [2.24, 2.45) is 4.99 Å². The van der Waals surface area contributed by atoms with Gasteiger partial charge in [0.05, 0.1) is 17.5 Å². The number of anilines is 1. The molecule has 2 heterocycles. The molecule has 4 rings (SSSR count). The zero-order chi connectivity index (χ0) is 26.1. The van der Waals surface area contributed by atoms with Gasteiger partial charge < -0.3 is 15.0 Å². The van der Waals surface area contributed by atoms with E-state index in [0.717, 1.165) is 16.8 Å². The minimum absolute atomic E-state index is 0.00928. The number of fused-ring (bicyclic) bond motifs is 1. The molecule has 2 aliphatic heterocycles. The van der Waals surface area contributed by atoms with Crippen LogP contribution in [0, 0.1) is 6.92 Å². The smallest absolute Gasteiger partial charge is 0.408 e. The van der Waals surface area contributed by atoms with E-state index in [-0.39, 0.29) is 29.2 Å². The predicted molar refractivity (Wildman–Crippen MR) is 143 cm³/mol. The number of alkyl carbamates (subject to hydrolysis) is 1. The second-order valence-corrected chi connectivity index (χ2v) is 13.5. The molecule has 3 atom stereocenters. The minimum atomic E-state index is -3.17. The number of sulfone groups is 1. The molecule has 1 N–H and O–H groups in total. The summed E-state index contributed by atoms with van der Waals surface area (Å²) in [6.07, 6.45) is -0.457. The highest BCUT2D eigenvalue weighted by Crippen LogP contribution is 2.41. The van der Waals surface area contributed by atoms with Gasteiger partial charge >= 0.3 is 6.09 Å². The number of thioether (sulfide) groups is 1. The molecule has 2 aromatic rings. The third kappa shape index (κ3) is 6.47. The van der Waals surface area contributed by atoms with E-state index in [1.165, 1.54) is 11.8 Å². The molecule has 0 bridgehead atoms. The average molecular weight is 530 g/mol. The molecule has 2 saturated heterocycles. The molecule has 36 heavy (non-hydrogen) atoms. The van der Waals surface area contributed by atoms with Gasteiger partial charge in [-0.3, -0.25) is 4.79 Å². The normalized spacial score (nSPS) is 22.8. The van der Waals surface area contributed by atoms with Gasteiger partial charge in [0.2, 0.25) is 0 Å². The highest BCUT2D eigenvalue weighted by atomic mass is 32.2. The quantitative estimate of drug-likeness (QED) is 0.629. The Bertz CT molecular complexity index is 1250. The number of rotatable bonds is 5. The fraction of sp³-hybridized carbons (Fsp3) is 0.423. The number of carbonyl (C=O) groups is 2. The first-order valence-corrected chi connectivity index (χ1v) is 14.5. The summed E-state index contributed by atoms with van der Waals surface area (Å²) in [6.45, 7) is 7.23. The van der Waals surface area contributed by atoms with Crippen molar-refractivity contribution in [1.82, 2.24) is 5.32 Å². The lowest BCUT2D eigenvalue weighted by Crippen LogP contribution is -2.45. The maximum atomic E-state index is 13.5. The molecule has 2 amide bonds. The van der Waals surface area contributed by atoms with Crippen LogP contribution in [-0.2, 0) is 25.8 Å². The van der Waals surface area contributed by atoms with Crippen LogP contribution in [0.15, 0.2) is 59.6 Å². The third-order valence-corrected chi connectivity index (χ3v) is 9.07. The number of aryl methyl sites for hydroxylation is 1. The Kier molecular flexibility index (Phi) is 7.47. The van der Waals surface area contributed by atoms with Crippen molar-refractivity contribution in [1.29, 1.82) is 0 Å². The summed E-state index contributed by atoms with van der Waals surface area (Å²) in [7, 11) is -3.17. The summed E-state index contributed by atoms with van der Waals surface area (Å²) in [6, 6.07) is 15.8. The maximum Gasteiger partial charge on any atom is 0.408 e. The van der Waals surface area contributed by atoms with Gasteiger partial charge in [0, 0.05) is 17.4 Å². The van der Waals surface area contributed by atoms with Crippen LogP contribution in [0.5, 0.6) is 0 Å². The molecule has 0 spiro atoms. The van der Waals surface area contributed by atoms with Crippen LogP contribution in [0.25, 0.3) is 0 Å². The number of hydrogen-bond donors (Lipinski definition) is 1. The van der Waals surface area contributed by atoms with Crippen molar-refractivity contribution in [3.8, 4) is 0 Å². The van der Waals surface area contributed by atoms with Gasteiger partial charge in [-0.2, -0.15) is 4.99 Å². The predicted octanol–water partition coefficient (Wildman–Crippen LogP) is 3.73. The third-order valence-electron chi connectivity index (χ3n) is 5.86. The van der Waals surface area contributed by atoms with Crippen LogP contribution in [0.3, 0.4) is 0 Å². The Labute approximate surface area is 216 Å². The fourth-order valence-corrected chi connectivity index (χ4v) is 8.16. The first-order chi connectivity index (χ1) is 16.9. The van der Waals surface area contributed by atoms with Crippen LogP contribution in [0.2, 0.25) is 0 Å². The van der Waals surface area contributed by atoms with Crippen molar-refractivity contribution in [2.45, 2.75) is 57.1 Å². The summed E-state index contributed by atoms with van der Waals surface area (Å²) in [5.74, 6) is -0.469. The van der Waals surface area contributed by atoms with E-state index < -0.39 is 33.5 Å². The zero-order valence-corrected chi connectivity index (χ0v) is 22.4. The Morgan fingerprint density at radius 3 is 2.42 bits per heavy atom. The number of nitrogens with one attached hydrogen (secondary N) is 1. The first kappa shape index (κ1) is 26.2. The number of amidine groups is 1. The second kappa shape index (κ2) is 10.3. The van der Waals surface area contributed by atoms with E-state index in [4.69, 9.17) is 4.74 Å². The molecule has 0 unspecified atom stereocenters. The number of hydrogen-bond acceptors (Lipinski definition) is 6. The van der Waals surface area contributed by atoms with Gasteiger partial charge in [0.25, 0.3) is 5.91 Å². The van der Waals surface area contributed by atoms with Gasteiger partial charge in [0.1, 0.15) is 11.6 Å². The molecule has 2 fully saturated rings. The zero-order valence-electron chi connectivity index (χ0n) is 20.8. The molecule has 0 saturated carbocycles. The van der Waals surface area contributed by atoms with Crippen LogP contribution in [0.4, 0.5) is 10.5 Å². The fourth-order valence-electron chi connectivity index (χ4n) is 4.24. The monoisotopic (exact) mass is 529 g/mol. The van der Waals surface area contributed by atoms with Crippen LogP contribution in [0.1, 0.15) is 31.9 Å². The van der Waals surface area contributed by atoms with Crippen molar-refractivity contribution < 1.29 is 22.7 Å². The molecule has 8 nitrogen and oxygen atoms in total. The molecule has 0 aromatic heterocycles. The summed E-state index contributed by atoms with van der Waals surface area (Å²) in [5, 5.41) is 2.91. The highest BCUT2D eigenvalue weighted by Gasteiger charge is 2.49. The van der Waals surface area contributed by atoms with E-state index in [1.807, 2.05) is 66.4 Å². The number of nitrogens with zero attached hydrogens (tertiary/aromatic N) is 2. The lowest BCUT2D eigenvalue weighted by Gasteiger charge is -2.25. The molecular weight excluding hydrogens is 498 g/mol. The number of aliphatic imine (C=N–C) groups is 1. The van der Waals surface area contributed by atoms with Gasteiger partial charge in [-0.25, -0.2) is 13.2 Å². The topological polar surface area (TPSA) is 105 Å². The SMILES string of the molecule is Cc1ccc(N2C(=NC(=O)[C@@H](Cc3ccccc3)NC(=O)OC(C)(C)C)S[C@H]3CS(=O)(=O)C[C@@H]32)cc1. The Morgan fingerprint density at radius 2 is 1.78 bits per heavy atom. The molecule has 2 aromatic carbocycles. The molecular formula is C26H31N3O5S2. The molecule has 192 valence electrons. The van der Waals surface area contributed by atoms with Crippen LogP contribution >= 0.6 is 11.8 Å². The van der Waals surface area contributed by atoms with E-state index in [0.29, 0.717) is 5.17 Å². The molecule has 2 aliphatic rings. The summed E-state index contributed by atoms with van der Waals surface area (Å²) >= 11 is 1.30. The minimum Gasteiger partial charge on any atom is -0.444 e. The van der Waals surface area contributed by atoms with E-state index in [2.05, 4.69) is 10.3 Å². The van der Waals surface area contributed by atoms with Gasteiger partial charge in [-0.1, -0.05) is 59.8 Å². The van der Waals surface area contributed by atoms with E-state index in [9.17, 15) is 18.0 Å². The van der Waals surface area contributed by atoms with Crippen molar-refractivity contribution in [3.63, 3.8) is 0 Å². The Morgan fingerprint density at radius 1 is 1.11 bits per heavy atom.